The molecule has 0 fully saturated rings. The number of nitrogens with two attached hydrogens (primary N) is 1. The Morgan fingerprint density at radius 1 is 1.06 bits per heavy atom. The first-order chi connectivity index (χ1) is 15.8. The Morgan fingerprint density at radius 2 is 1.88 bits per heavy atom. The van der Waals surface area contributed by atoms with Crippen LogP contribution in [0.2, 0.25) is 0 Å². The average molecular weight is 445 g/mol. The van der Waals surface area contributed by atoms with Gasteiger partial charge in [0.05, 0.1) is 5.69 Å². The minimum atomic E-state index is -0.326. The van der Waals surface area contributed by atoms with E-state index in [9.17, 15) is 9.59 Å². The molecule has 33 heavy (non-hydrogen) atoms. The van der Waals surface area contributed by atoms with Crippen molar-refractivity contribution in [2.45, 2.75) is 19.9 Å². The molecule has 0 saturated heterocycles. The van der Waals surface area contributed by atoms with Crippen LogP contribution in [0.15, 0.2) is 35.4 Å². The van der Waals surface area contributed by atoms with Crippen molar-refractivity contribution in [3.8, 4) is 11.3 Å². The SMILES string of the molecule is Cc1c(-c2cc3cc(Nc4cc5n(n4)CC(=O)N(C)CC5)ncc3c(N)n2)cnc(=O)n1C. The summed E-state index contributed by atoms with van der Waals surface area (Å²) in [6.07, 6.45) is 3.91. The second-order valence-electron chi connectivity index (χ2n) is 8.15. The predicted molar refractivity (Wildman–Crippen MR) is 124 cm³/mol. The first kappa shape index (κ1) is 20.6. The zero-order valence-electron chi connectivity index (χ0n) is 18.5. The summed E-state index contributed by atoms with van der Waals surface area (Å²) < 4.78 is 3.20. The van der Waals surface area contributed by atoms with Gasteiger partial charge in [-0.15, -0.1) is 0 Å². The van der Waals surface area contributed by atoms with Gasteiger partial charge in [-0.25, -0.2) is 19.7 Å². The monoisotopic (exact) mass is 445 g/mol. The number of carbonyl (C=O) groups excluding carboxylic acids is 1. The van der Waals surface area contributed by atoms with Gasteiger partial charge in [-0.2, -0.15) is 5.10 Å². The van der Waals surface area contributed by atoms with Crippen LogP contribution in [0.3, 0.4) is 0 Å². The summed E-state index contributed by atoms with van der Waals surface area (Å²) in [6.45, 7) is 2.72. The summed E-state index contributed by atoms with van der Waals surface area (Å²) in [7, 11) is 3.47. The van der Waals surface area contributed by atoms with E-state index in [-0.39, 0.29) is 18.1 Å². The zero-order chi connectivity index (χ0) is 23.3. The number of likely N-dealkylation sites (N-methyl/N-ethyl adjacent to an activating group) is 1. The fourth-order valence-electron chi connectivity index (χ4n) is 3.90. The van der Waals surface area contributed by atoms with Crippen molar-refractivity contribution in [1.29, 1.82) is 0 Å². The lowest BCUT2D eigenvalue weighted by atomic mass is 10.1. The van der Waals surface area contributed by atoms with Gasteiger partial charge in [0.1, 0.15) is 18.2 Å². The summed E-state index contributed by atoms with van der Waals surface area (Å²) in [5.41, 5.74) is 8.96. The summed E-state index contributed by atoms with van der Waals surface area (Å²) in [4.78, 5) is 38.5. The number of nitrogens with zero attached hydrogens (tertiary/aromatic N) is 7. The molecular formula is C22H23N9O2. The molecule has 0 bridgehead atoms. The molecule has 0 spiro atoms. The Bertz CT molecular complexity index is 1470. The molecule has 0 aliphatic carbocycles. The van der Waals surface area contributed by atoms with Crippen LogP contribution < -0.4 is 16.7 Å². The third kappa shape index (κ3) is 3.67. The van der Waals surface area contributed by atoms with Crippen molar-refractivity contribution in [2.24, 2.45) is 7.05 Å². The molecule has 0 radical (unpaired) electrons. The molecular weight excluding hydrogens is 422 g/mol. The maximum atomic E-state index is 12.1. The van der Waals surface area contributed by atoms with Crippen molar-refractivity contribution in [2.75, 3.05) is 24.6 Å². The molecule has 0 saturated carbocycles. The molecule has 1 aliphatic rings. The molecule has 1 amide bonds. The molecule has 168 valence electrons. The van der Waals surface area contributed by atoms with Crippen LogP contribution in [-0.2, 0) is 24.8 Å². The Labute approximate surface area is 188 Å². The summed E-state index contributed by atoms with van der Waals surface area (Å²) >= 11 is 0. The van der Waals surface area contributed by atoms with Crippen LogP contribution in [0.1, 0.15) is 11.4 Å². The topological polar surface area (TPSA) is 137 Å². The number of hydrogen-bond acceptors (Lipinski definition) is 8. The van der Waals surface area contributed by atoms with Gasteiger partial charge >= 0.3 is 5.69 Å². The Balaban J connectivity index is 1.50. The lowest BCUT2D eigenvalue weighted by Gasteiger charge is -2.12. The molecule has 5 heterocycles. The van der Waals surface area contributed by atoms with Crippen LogP contribution >= 0.6 is 0 Å². The number of anilines is 3. The minimum Gasteiger partial charge on any atom is -0.383 e. The van der Waals surface area contributed by atoms with E-state index in [2.05, 4.69) is 25.4 Å². The Morgan fingerprint density at radius 3 is 2.70 bits per heavy atom. The summed E-state index contributed by atoms with van der Waals surface area (Å²) in [5, 5.41) is 9.29. The number of amides is 1. The number of aromatic nitrogens is 6. The van der Waals surface area contributed by atoms with Crippen molar-refractivity contribution in [3.63, 3.8) is 0 Å². The van der Waals surface area contributed by atoms with E-state index in [1.165, 1.54) is 10.8 Å². The molecule has 1 aliphatic heterocycles. The standard InChI is InChI=1S/C22H23N9O2/c1-12-15(9-25-22(33)30(12)3)17-6-13-7-18(24-10-16(13)21(23)26-17)27-19-8-14-4-5-29(2)20(32)11-31(14)28-19/h6-10H,4-5,11H2,1-3H3,(H2,23,26)(H,24,27,28). The molecule has 5 rings (SSSR count). The number of carbonyl (C=O) groups is 1. The van der Waals surface area contributed by atoms with Crippen LogP contribution in [0.25, 0.3) is 22.0 Å². The highest BCUT2D eigenvalue weighted by molar-refractivity contribution is 5.94. The number of fused-ring (bicyclic) bond motifs is 2. The number of rotatable bonds is 3. The summed E-state index contributed by atoms with van der Waals surface area (Å²) in [6, 6.07) is 5.69. The van der Waals surface area contributed by atoms with Crippen LogP contribution in [0, 0.1) is 6.92 Å². The maximum Gasteiger partial charge on any atom is 0.347 e. The van der Waals surface area contributed by atoms with Gasteiger partial charge < -0.3 is 16.0 Å². The van der Waals surface area contributed by atoms with Gasteiger partial charge in [0.2, 0.25) is 5.91 Å². The third-order valence-corrected chi connectivity index (χ3v) is 6.04. The number of hydrogen-bond donors (Lipinski definition) is 2. The van der Waals surface area contributed by atoms with Crippen molar-refractivity contribution < 1.29 is 4.79 Å². The number of nitrogens with one attached hydrogen (secondary N) is 1. The molecule has 0 unspecified atom stereocenters. The normalized spacial score (nSPS) is 13.8. The van der Waals surface area contributed by atoms with E-state index in [0.29, 0.717) is 35.1 Å². The van der Waals surface area contributed by atoms with E-state index < -0.39 is 0 Å². The largest absolute Gasteiger partial charge is 0.383 e. The fraction of sp³-hybridized carbons (Fsp3) is 0.273. The van der Waals surface area contributed by atoms with Gasteiger partial charge in [0.15, 0.2) is 5.82 Å². The zero-order valence-corrected chi connectivity index (χ0v) is 18.5. The smallest absolute Gasteiger partial charge is 0.347 e. The third-order valence-electron chi connectivity index (χ3n) is 6.04. The molecule has 4 aromatic heterocycles. The van der Waals surface area contributed by atoms with Gasteiger partial charge in [0, 0.05) is 67.9 Å². The number of nitrogen functional groups attached to an aromatic ring is 1. The fourth-order valence-corrected chi connectivity index (χ4v) is 3.90. The maximum absolute atomic E-state index is 12.1. The van der Waals surface area contributed by atoms with Gasteiger partial charge in [-0.05, 0) is 24.4 Å². The van der Waals surface area contributed by atoms with E-state index in [1.807, 2.05) is 25.1 Å². The Kier molecular flexibility index (Phi) is 4.81. The molecule has 4 aromatic rings. The predicted octanol–water partition coefficient (Wildman–Crippen LogP) is 1.24. The highest BCUT2D eigenvalue weighted by Gasteiger charge is 2.19. The molecule has 0 atom stereocenters. The first-order valence-electron chi connectivity index (χ1n) is 10.5. The number of pyridine rings is 2. The molecule has 3 N–H and O–H groups in total. The van der Waals surface area contributed by atoms with E-state index >= 15 is 0 Å². The van der Waals surface area contributed by atoms with Gasteiger partial charge in [-0.3, -0.25) is 14.0 Å². The second-order valence-corrected chi connectivity index (χ2v) is 8.15. The minimum absolute atomic E-state index is 0.0333. The lowest BCUT2D eigenvalue weighted by Crippen LogP contribution is -2.29. The van der Waals surface area contributed by atoms with Crippen LogP contribution in [0.4, 0.5) is 17.5 Å². The molecule has 11 nitrogen and oxygen atoms in total. The average Bonchev–Trinajstić information content (AvgIpc) is 3.10. The van der Waals surface area contributed by atoms with Gasteiger partial charge in [0.25, 0.3) is 0 Å². The quantitative estimate of drug-likeness (QED) is 0.480. The van der Waals surface area contributed by atoms with Crippen molar-refractivity contribution in [3.05, 3.63) is 52.5 Å². The lowest BCUT2D eigenvalue weighted by molar-refractivity contribution is -0.130. The molecule has 0 aromatic carbocycles. The Hall–Kier alpha value is -4.28. The molecule has 11 heteroatoms. The van der Waals surface area contributed by atoms with Gasteiger partial charge in [-0.1, -0.05) is 0 Å². The van der Waals surface area contributed by atoms with Crippen LogP contribution in [-0.4, -0.2) is 53.7 Å². The highest BCUT2D eigenvalue weighted by atomic mass is 16.2. The van der Waals surface area contributed by atoms with E-state index in [1.54, 1.807) is 29.9 Å². The van der Waals surface area contributed by atoms with Crippen molar-refractivity contribution >= 4 is 34.1 Å². The van der Waals surface area contributed by atoms with Crippen LogP contribution in [0.5, 0.6) is 0 Å². The summed E-state index contributed by atoms with van der Waals surface area (Å²) in [5.74, 6) is 1.58. The van der Waals surface area contributed by atoms with E-state index in [0.717, 1.165) is 28.8 Å². The highest BCUT2D eigenvalue weighted by Crippen LogP contribution is 2.29. The van der Waals surface area contributed by atoms with Crippen molar-refractivity contribution in [1.82, 2.24) is 34.2 Å². The first-order valence-corrected chi connectivity index (χ1v) is 10.5. The second kappa shape index (κ2) is 7.69. The van der Waals surface area contributed by atoms with E-state index in [4.69, 9.17) is 5.73 Å².